The number of benzene rings is 1. The highest BCUT2D eigenvalue weighted by Crippen LogP contribution is 2.41. The highest BCUT2D eigenvalue weighted by atomic mass is 19.3. The molecule has 0 amide bonds. The van der Waals surface area contributed by atoms with Crippen LogP contribution < -0.4 is 9.47 Å². The van der Waals surface area contributed by atoms with Crippen LogP contribution in [0.5, 0.6) is 11.5 Å². The van der Waals surface area contributed by atoms with Gasteiger partial charge in [-0.2, -0.15) is 0 Å². The van der Waals surface area contributed by atoms with Crippen LogP contribution in [0.15, 0.2) is 18.2 Å². The molecule has 0 aliphatic carbocycles. The third-order valence-corrected chi connectivity index (χ3v) is 2.31. The number of methoxy groups -OCH3 is 1. The van der Waals surface area contributed by atoms with Crippen molar-refractivity contribution in [2.45, 2.75) is 19.1 Å². The molecule has 0 aromatic heterocycles. The Balaban J connectivity index is 2.06. The van der Waals surface area contributed by atoms with E-state index in [9.17, 15) is 13.6 Å². The summed E-state index contributed by atoms with van der Waals surface area (Å²) >= 11 is 0. The zero-order chi connectivity index (χ0) is 12.5. The molecule has 1 heterocycles. The van der Waals surface area contributed by atoms with Crippen LogP contribution in [0.25, 0.3) is 0 Å². The number of carbonyl (C=O) groups excluding carboxylic acids is 1. The van der Waals surface area contributed by atoms with Crippen LogP contribution >= 0.6 is 0 Å². The van der Waals surface area contributed by atoms with Gasteiger partial charge in [-0.15, -0.1) is 8.78 Å². The number of esters is 1. The van der Waals surface area contributed by atoms with E-state index in [1.54, 1.807) is 6.07 Å². The maximum atomic E-state index is 12.7. The van der Waals surface area contributed by atoms with Gasteiger partial charge in [0, 0.05) is 6.42 Å². The fourth-order valence-corrected chi connectivity index (χ4v) is 1.50. The Morgan fingerprint density at radius 2 is 2.06 bits per heavy atom. The summed E-state index contributed by atoms with van der Waals surface area (Å²) in [5, 5.41) is 0. The van der Waals surface area contributed by atoms with E-state index in [2.05, 4.69) is 14.2 Å². The molecule has 0 spiro atoms. The van der Waals surface area contributed by atoms with Gasteiger partial charge < -0.3 is 14.2 Å². The molecule has 0 N–H and O–H groups in total. The molecule has 1 aliphatic heterocycles. The Morgan fingerprint density at radius 3 is 2.76 bits per heavy atom. The summed E-state index contributed by atoms with van der Waals surface area (Å²) in [5.41, 5.74) is 0.704. The topological polar surface area (TPSA) is 44.8 Å². The summed E-state index contributed by atoms with van der Waals surface area (Å²) in [7, 11) is 1.29. The second kappa shape index (κ2) is 4.20. The molecule has 0 fully saturated rings. The van der Waals surface area contributed by atoms with E-state index >= 15 is 0 Å². The summed E-state index contributed by atoms with van der Waals surface area (Å²) in [6.45, 7) is 0. The molecule has 0 radical (unpaired) electrons. The van der Waals surface area contributed by atoms with E-state index in [0.29, 0.717) is 12.0 Å². The van der Waals surface area contributed by atoms with Crippen LogP contribution in [0.2, 0.25) is 0 Å². The van der Waals surface area contributed by atoms with E-state index in [-0.39, 0.29) is 23.9 Å². The van der Waals surface area contributed by atoms with Crippen molar-refractivity contribution in [2.75, 3.05) is 7.11 Å². The number of hydrogen-bond donors (Lipinski definition) is 0. The van der Waals surface area contributed by atoms with Gasteiger partial charge in [0.25, 0.3) is 0 Å². The van der Waals surface area contributed by atoms with Crippen molar-refractivity contribution in [3.63, 3.8) is 0 Å². The van der Waals surface area contributed by atoms with E-state index in [1.165, 1.54) is 19.2 Å². The number of carbonyl (C=O) groups is 1. The maximum absolute atomic E-state index is 12.7. The lowest BCUT2D eigenvalue weighted by molar-refractivity contribution is -0.286. The van der Waals surface area contributed by atoms with Crippen LogP contribution in [-0.4, -0.2) is 19.4 Å². The molecular formula is C11H10F2O4. The number of hydrogen-bond acceptors (Lipinski definition) is 4. The maximum Gasteiger partial charge on any atom is 0.586 e. The Labute approximate surface area is 96.1 Å². The molecule has 6 heteroatoms. The Morgan fingerprint density at radius 1 is 1.35 bits per heavy atom. The standard InChI is InChI=1S/C11H10F2O4/c1-15-10(14)5-3-7-2-4-8-9(6-7)17-11(12,13)16-8/h2,4,6H,3,5H2,1H3. The molecule has 0 saturated heterocycles. The number of ether oxygens (including phenoxy) is 3. The lowest BCUT2D eigenvalue weighted by Gasteiger charge is -2.04. The first-order valence-corrected chi connectivity index (χ1v) is 4.96. The van der Waals surface area contributed by atoms with Crippen LogP contribution in [-0.2, 0) is 16.0 Å². The summed E-state index contributed by atoms with van der Waals surface area (Å²) in [5.74, 6) is -0.373. The van der Waals surface area contributed by atoms with Gasteiger partial charge in [0.1, 0.15) is 0 Å². The first kappa shape index (κ1) is 11.6. The predicted molar refractivity (Wildman–Crippen MR) is 53.0 cm³/mol. The Kier molecular flexibility index (Phi) is 2.87. The molecule has 0 unspecified atom stereocenters. The summed E-state index contributed by atoms with van der Waals surface area (Å²) < 4.78 is 38.5. The molecule has 1 aliphatic rings. The normalized spacial score (nSPS) is 15.7. The van der Waals surface area contributed by atoms with Crippen LogP contribution in [0, 0.1) is 0 Å². The third-order valence-electron chi connectivity index (χ3n) is 2.31. The van der Waals surface area contributed by atoms with Crippen molar-refractivity contribution in [3.05, 3.63) is 23.8 Å². The molecule has 0 bridgehead atoms. The first-order valence-electron chi connectivity index (χ1n) is 4.96. The summed E-state index contributed by atoms with van der Waals surface area (Å²) in [6.07, 6.45) is -3.02. The van der Waals surface area contributed by atoms with Gasteiger partial charge in [0.05, 0.1) is 7.11 Å². The number of rotatable bonds is 3. The summed E-state index contributed by atoms with van der Waals surface area (Å²) in [4.78, 5) is 10.9. The highest BCUT2D eigenvalue weighted by Gasteiger charge is 2.43. The van der Waals surface area contributed by atoms with Gasteiger partial charge in [-0.3, -0.25) is 4.79 Å². The molecule has 0 saturated carbocycles. The van der Waals surface area contributed by atoms with Crippen molar-refractivity contribution in [2.24, 2.45) is 0 Å². The second-order valence-corrected chi connectivity index (χ2v) is 3.52. The van der Waals surface area contributed by atoms with Crippen molar-refractivity contribution in [1.82, 2.24) is 0 Å². The van der Waals surface area contributed by atoms with Gasteiger partial charge in [-0.1, -0.05) is 6.07 Å². The predicted octanol–water partition coefficient (Wildman–Crippen LogP) is 2.11. The van der Waals surface area contributed by atoms with Gasteiger partial charge in [-0.25, -0.2) is 0 Å². The fourth-order valence-electron chi connectivity index (χ4n) is 1.50. The lowest BCUT2D eigenvalue weighted by atomic mass is 10.1. The fraction of sp³-hybridized carbons (Fsp3) is 0.364. The van der Waals surface area contributed by atoms with Gasteiger partial charge in [0.2, 0.25) is 0 Å². The van der Waals surface area contributed by atoms with E-state index in [4.69, 9.17) is 0 Å². The molecular weight excluding hydrogens is 234 g/mol. The monoisotopic (exact) mass is 244 g/mol. The molecule has 1 aromatic carbocycles. The third kappa shape index (κ3) is 2.64. The van der Waals surface area contributed by atoms with E-state index < -0.39 is 6.29 Å². The number of fused-ring (bicyclic) bond motifs is 1. The smallest absolute Gasteiger partial charge is 0.469 e. The van der Waals surface area contributed by atoms with Gasteiger partial charge >= 0.3 is 12.3 Å². The van der Waals surface area contributed by atoms with E-state index in [1.807, 2.05) is 0 Å². The molecule has 4 nitrogen and oxygen atoms in total. The average Bonchev–Trinajstić information content (AvgIpc) is 2.58. The largest absolute Gasteiger partial charge is 0.586 e. The zero-order valence-electron chi connectivity index (χ0n) is 9.04. The highest BCUT2D eigenvalue weighted by molar-refractivity contribution is 5.69. The summed E-state index contributed by atoms with van der Waals surface area (Å²) in [6, 6.07) is 4.43. The van der Waals surface area contributed by atoms with E-state index in [0.717, 1.165) is 0 Å². The second-order valence-electron chi connectivity index (χ2n) is 3.52. The minimum atomic E-state index is -3.61. The van der Waals surface area contributed by atoms with Gasteiger partial charge in [-0.05, 0) is 24.1 Å². The van der Waals surface area contributed by atoms with Crippen molar-refractivity contribution in [3.8, 4) is 11.5 Å². The zero-order valence-corrected chi connectivity index (χ0v) is 9.04. The molecule has 1 aromatic rings. The number of halogens is 2. The lowest BCUT2D eigenvalue weighted by Crippen LogP contribution is -2.25. The van der Waals surface area contributed by atoms with Crippen LogP contribution in [0.3, 0.4) is 0 Å². The number of alkyl halides is 2. The Bertz CT molecular complexity index is 445. The quantitative estimate of drug-likeness (QED) is 0.764. The molecule has 0 atom stereocenters. The van der Waals surface area contributed by atoms with Crippen molar-refractivity contribution < 1.29 is 27.8 Å². The average molecular weight is 244 g/mol. The minimum Gasteiger partial charge on any atom is -0.469 e. The van der Waals surface area contributed by atoms with Crippen LogP contribution in [0.4, 0.5) is 8.78 Å². The SMILES string of the molecule is COC(=O)CCc1ccc2c(c1)OC(F)(F)O2. The van der Waals surface area contributed by atoms with Crippen molar-refractivity contribution >= 4 is 5.97 Å². The van der Waals surface area contributed by atoms with Crippen molar-refractivity contribution in [1.29, 1.82) is 0 Å². The minimum absolute atomic E-state index is 0.00295. The first-order chi connectivity index (χ1) is 8.00. The van der Waals surface area contributed by atoms with Gasteiger partial charge in [0.15, 0.2) is 11.5 Å². The molecule has 92 valence electrons. The molecule has 17 heavy (non-hydrogen) atoms. The molecule has 2 rings (SSSR count). The number of aryl methyl sites for hydroxylation is 1. The van der Waals surface area contributed by atoms with Crippen LogP contribution in [0.1, 0.15) is 12.0 Å². The Hall–Kier alpha value is -1.85.